The number of carbonyl (C=O) groups excluding carboxylic acids is 2. The van der Waals surface area contributed by atoms with Crippen molar-refractivity contribution in [3.8, 4) is 0 Å². The molecule has 2 aromatic rings. The van der Waals surface area contributed by atoms with Gasteiger partial charge in [0.15, 0.2) is 0 Å². The van der Waals surface area contributed by atoms with Gasteiger partial charge < -0.3 is 14.6 Å². The molecule has 0 aromatic carbocycles. The number of carbonyl (C=O) groups is 2. The van der Waals surface area contributed by atoms with Gasteiger partial charge in [-0.05, 0) is 12.1 Å². The molecule has 0 unspecified atom stereocenters. The Bertz CT molecular complexity index is 622. The van der Waals surface area contributed by atoms with Crippen LogP contribution in [-0.2, 0) is 16.1 Å². The van der Waals surface area contributed by atoms with Crippen LogP contribution < -0.4 is 5.32 Å². The van der Waals surface area contributed by atoms with Gasteiger partial charge in [0.1, 0.15) is 12.2 Å². The third kappa shape index (κ3) is 2.77. The van der Waals surface area contributed by atoms with Crippen molar-refractivity contribution in [1.82, 2.24) is 19.6 Å². The summed E-state index contributed by atoms with van der Waals surface area (Å²) in [5.41, 5.74) is 1.65. The largest absolute Gasteiger partial charge is 0.349 e. The van der Waals surface area contributed by atoms with E-state index in [0.717, 1.165) is 11.3 Å². The van der Waals surface area contributed by atoms with Crippen molar-refractivity contribution in [3.63, 3.8) is 0 Å². The van der Waals surface area contributed by atoms with Crippen molar-refractivity contribution < 1.29 is 9.59 Å². The quantitative estimate of drug-likeness (QED) is 0.889. The molecular formula is C13H14N4O2S. The number of nitrogens with one attached hydrogen (secondary N) is 1. The van der Waals surface area contributed by atoms with Gasteiger partial charge in [-0.25, -0.2) is 4.98 Å². The lowest BCUT2D eigenvalue weighted by Crippen LogP contribution is -2.37. The second-order valence-corrected chi connectivity index (χ2v) is 5.50. The first-order valence-corrected chi connectivity index (χ1v) is 7.43. The van der Waals surface area contributed by atoms with E-state index in [4.69, 9.17) is 0 Å². The molecule has 104 valence electrons. The van der Waals surface area contributed by atoms with Gasteiger partial charge >= 0.3 is 0 Å². The van der Waals surface area contributed by atoms with E-state index in [0.29, 0.717) is 18.2 Å². The zero-order valence-electron chi connectivity index (χ0n) is 10.8. The lowest BCUT2D eigenvalue weighted by atomic mass is 10.4. The number of imidazole rings is 1. The zero-order valence-corrected chi connectivity index (χ0v) is 11.6. The van der Waals surface area contributed by atoms with Crippen molar-refractivity contribution in [2.24, 2.45) is 0 Å². The Morgan fingerprint density at radius 1 is 1.45 bits per heavy atom. The zero-order chi connectivity index (χ0) is 13.9. The molecule has 3 heterocycles. The summed E-state index contributed by atoms with van der Waals surface area (Å²) in [7, 11) is 0. The molecule has 1 aliphatic rings. The van der Waals surface area contributed by atoms with Crippen molar-refractivity contribution in [3.05, 3.63) is 36.3 Å². The highest BCUT2D eigenvalue weighted by molar-refractivity contribution is 8.00. The molecule has 0 saturated carbocycles. The van der Waals surface area contributed by atoms with E-state index in [-0.39, 0.29) is 18.4 Å². The predicted octanol–water partition coefficient (Wildman–Crippen LogP) is 0.483. The maximum atomic E-state index is 11.8. The summed E-state index contributed by atoms with van der Waals surface area (Å²) >= 11 is 1.53. The number of fused-ring (bicyclic) bond motifs is 1. The maximum absolute atomic E-state index is 11.8. The van der Waals surface area contributed by atoms with Crippen LogP contribution in [-0.4, -0.2) is 44.3 Å². The molecule has 6 nitrogen and oxygen atoms in total. The number of hydrogen-bond acceptors (Lipinski definition) is 4. The van der Waals surface area contributed by atoms with Crippen LogP contribution in [0.2, 0.25) is 0 Å². The van der Waals surface area contributed by atoms with Crippen LogP contribution in [0.4, 0.5) is 0 Å². The SMILES string of the molecule is O=C(CN1CSCC1=O)NCc1cn2ccccc2n1. The molecule has 0 atom stereocenters. The highest BCUT2D eigenvalue weighted by Crippen LogP contribution is 2.13. The minimum Gasteiger partial charge on any atom is -0.349 e. The third-order valence-corrected chi connectivity index (χ3v) is 3.99. The molecule has 1 saturated heterocycles. The minimum absolute atomic E-state index is 0.0258. The van der Waals surface area contributed by atoms with Gasteiger partial charge in [0.05, 0.1) is 23.9 Å². The van der Waals surface area contributed by atoms with Crippen molar-refractivity contribution in [2.75, 3.05) is 18.2 Å². The molecular weight excluding hydrogens is 276 g/mol. The van der Waals surface area contributed by atoms with Gasteiger partial charge in [0.25, 0.3) is 0 Å². The number of pyridine rings is 1. The molecule has 2 amide bonds. The third-order valence-electron chi connectivity index (χ3n) is 3.04. The molecule has 1 N–H and O–H groups in total. The van der Waals surface area contributed by atoms with Crippen LogP contribution in [0.3, 0.4) is 0 Å². The second kappa shape index (κ2) is 5.54. The molecule has 2 aromatic heterocycles. The lowest BCUT2D eigenvalue weighted by Gasteiger charge is -2.13. The van der Waals surface area contributed by atoms with Crippen LogP contribution in [0, 0.1) is 0 Å². The fraction of sp³-hybridized carbons (Fsp3) is 0.308. The van der Waals surface area contributed by atoms with E-state index in [9.17, 15) is 9.59 Å². The summed E-state index contributed by atoms with van der Waals surface area (Å²) in [5, 5.41) is 2.79. The molecule has 7 heteroatoms. The van der Waals surface area contributed by atoms with Gasteiger partial charge in [-0.2, -0.15) is 0 Å². The number of aromatic nitrogens is 2. The van der Waals surface area contributed by atoms with E-state index >= 15 is 0 Å². The molecule has 3 rings (SSSR count). The van der Waals surface area contributed by atoms with Gasteiger partial charge in [-0.3, -0.25) is 9.59 Å². The van der Waals surface area contributed by atoms with E-state index < -0.39 is 0 Å². The van der Waals surface area contributed by atoms with Gasteiger partial charge in [-0.15, -0.1) is 11.8 Å². The maximum Gasteiger partial charge on any atom is 0.239 e. The first-order valence-electron chi connectivity index (χ1n) is 6.27. The standard InChI is InChI=1S/C13H14N4O2S/c18-12(7-17-9-20-8-13(17)19)14-5-10-6-16-4-2-1-3-11(16)15-10/h1-4,6H,5,7-9H2,(H,14,18). The van der Waals surface area contributed by atoms with Crippen molar-refractivity contribution >= 4 is 29.2 Å². The lowest BCUT2D eigenvalue weighted by molar-refractivity contribution is -0.132. The first-order chi connectivity index (χ1) is 9.72. The smallest absolute Gasteiger partial charge is 0.239 e. The number of hydrogen-bond donors (Lipinski definition) is 1. The summed E-state index contributed by atoms with van der Waals surface area (Å²) in [4.78, 5) is 29.1. The molecule has 20 heavy (non-hydrogen) atoms. The second-order valence-electron chi connectivity index (χ2n) is 4.54. The number of nitrogens with zero attached hydrogens (tertiary/aromatic N) is 3. The number of thioether (sulfide) groups is 1. The van der Waals surface area contributed by atoms with Crippen LogP contribution in [0.25, 0.3) is 5.65 Å². The Kier molecular flexibility index (Phi) is 3.60. The minimum atomic E-state index is -0.155. The summed E-state index contributed by atoms with van der Waals surface area (Å²) in [5.74, 6) is 0.941. The molecule has 0 aliphatic carbocycles. The van der Waals surface area contributed by atoms with Crippen molar-refractivity contribution in [1.29, 1.82) is 0 Å². The van der Waals surface area contributed by atoms with Crippen LogP contribution in [0.5, 0.6) is 0 Å². The predicted molar refractivity (Wildman–Crippen MR) is 76.1 cm³/mol. The molecule has 0 radical (unpaired) electrons. The number of rotatable bonds is 4. The Labute approximate surface area is 120 Å². The molecule has 1 aliphatic heterocycles. The monoisotopic (exact) mass is 290 g/mol. The van der Waals surface area contributed by atoms with E-state index in [1.165, 1.54) is 11.8 Å². The average Bonchev–Trinajstić information content (AvgIpc) is 3.03. The highest BCUT2D eigenvalue weighted by Gasteiger charge is 2.22. The topological polar surface area (TPSA) is 66.7 Å². The van der Waals surface area contributed by atoms with E-state index in [1.54, 1.807) is 4.90 Å². The fourth-order valence-electron chi connectivity index (χ4n) is 2.03. The Balaban J connectivity index is 1.56. The number of amides is 2. The summed E-state index contributed by atoms with van der Waals surface area (Å²) < 4.78 is 1.90. The van der Waals surface area contributed by atoms with Crippen LogP contribution in [0.1, 0.15) is 5.69 Å². The van der Waals surface area contributed by atoms with E-state index in [2.05, 4.69) is 10.3 Å². The van der Waals surface area contributed by atoms with Crippen molar-refractivity contribution in [2.45, 2.75) is 6.54 Å². The first kappa shape index (κ1) is 13.0. The highest BCUT2D eigenvalue weighted by atomic mass is 32.2. The Morgan fingerprint density at radius 2 is 2.35 bits per heavy atom. The Hall–Kier alpha value is -2.02. The molecule has 0 spiro atoms. The average molecular weight is 290 g/mol. The van der Waals surface area contributed by atoms with Gasteiger partial charge in [0, 0.05) is 12.4 Å². The molecule has 1 fully saturated rings. The molecule has 0 bridgehead atoms. The fourth-order valence-corrected chi connectivity index (χ4v) is 2.94. The summed E-state index contributed by atoms with van der Waals surface area (Å²) in [6.45, 7) is 0.495. The van der Waals surface area contributed by atoms with E-state index in [1.807, 2.05) is 35.0 Å². The van der Waals surface area contributed by atoms with Gasteiger partial charge in [0.2, 0.25) is 11.8 Å². The summed E-state index contributed by atoms with van der Waals surface area (Å²) in [6.07, 6.45) is 3.79. The van der Waals surface area contributed by atoms with Crippen LogP contribution >= 0.6 is 11.8 Å². The van der Waals surface area contributed by atoms with Gasteiger partial charge in [-0.1, -0.05) is 6.07 Å². The normalized spacial score (nSPS) is 15.0. The van der Waals surface area contributed by atoms with Crippen LogP contribution in [0.15, 0.2) is 30.6 Å². The Morgan fingerprint density at radius 3 is 3.10 bits per heavy atom. The summed E-state index contributed by atoms with van der Waals surface area (Å²) in [6, 6.07) is 5.75.